The molecule has 0 spiro atoms. The molecule has 0 aromatic heterocycles. The monoisotopic (exact) mass is 489 g/mol. The van der Waals surface area contributed by atoms with Crippen molar-refractivity contribution in [1.82, 2.24) is 9.80 Å². The molecular formula is C31H37F2N3. The number of hydrogen-bond acceptors (Lipinski definition) is 3. The van der Waals surface area contributed by atoms with E-state index in [4.69, 9.17) is 0 Å². The van der Waals surface area contributed by atoms with E-state index in [9.17, 15) is 8.78 Å². The third kappa shape index (κ3) is 3.42. The minimum absolute atomic E-state index is 0.0216. The fourth-order valence-corrected chi connectivity index (χ4v) is 8.35. The Kier molecular flexibility index (Phi) is 5.34. The quantitative estimate of drug-likeness (QED) is 0.478. The van der Waals surface area contributed by atoms with Crippen molar-refractivity contribution in [2.75, 3.05) is 38.3 Å². The lowest BCUT2D eigenvalue weighted by molar-refractivity contribution is -0.245. The summed E-state index contributed by atoms with van der Waals surface area (Å²) in [5, 5.41) is 3.67. The van der Waals surface area contributed by atoms with Crippen LogP contribution in [0.25, 0.3) is 5.57 Å². The molecule has 190 valence electrons. The zero-order valence-electron chi connectivity index (χ0n) is 21.3. The second-order valence-electron chi connectivity index (χ2n) is 12.4. The third-order valence-corrected chi connectivity index (χ3v) is 9.80. The molecule has 2 aromatic carbocycles. The molecule has 2 atom stereocenters. The van der Waals surface area contributed by atoms with Crippen LogP contribution in [-0.2, 0) is 6.42 Å². The second kappa shape index (κ2) is 8.39. The van der Waals surface area contributed by atoms with E-state index >= 15 is 0 Å². The van der Waals surface area contributed by atoms with Crippen LogP contribution in [0.1, 0.15) is 61.8 Å². The first-order valence-electron chi connectivity index (χ1n) is 13.8. The fraction of sp³-hybridized carbons (Fsp3) is 0.548. The number of anilines is 1. The molecule has 0 amide bonds. The van der Waals surface area contributed by atoms with E-state index in [2.05, 4.69) is 70.6 Å². The summed E-state index contributed by atoms with van der Waals surface area (Å²) in [5.74, 6) is 0. The van der Waals surface area contributed by atoms with Crippen molar-refractivity contribution >= 4 is 11.3 Å². The van der Waals surface area contributed by atoms with Crippen LogP contribution in [0.5, 0.6) is 0 Å². The Hall–Kier alpha value is -2.24. The van der Waals surface area contributed by atoms with Gasteiger partial charge in [-0.1, -0.05) is 36.4 Å². The van der Waals surface area contributed by atoms with Crippen LogP contribution in [0.4, 0.5) is 14.5 Å². The molecular weight excluding hydrogens is 452 g/mol. The van der Waals surface area contributed by atoms with E-state index in [0.717, 1.165) is 57.4 Å². The number of alkyl halides is 2. The predicted octanol–water partition coefficient (Wildman–Crippen LogP) is 6.18. The molecule has 4 aliphatic carbocycles. The van der Waals surface area contributed by atoms with Gasteiger partial charge in [-0.3, -0.25) is 18.6 Å². The number of hydrogen-bond donors (Lipinski definition) is 1. The lowest BCUT2D eigenvalue weighted by Gasteiger charge is -2.75. The third-order valence-electron chi connectivity index (χ3n) is 9.80. The molecule has 4 fully saturated rings. The van der Waals surface area contributed by atoms with Crippen LogP contribution in [0.2, 0.25) is 0 Å². The molecule has 3 nitrogen and oxygen atoms in total. The minimum Gasteiger partial charge on any atom is -0.380 e. The number of rotatable bonds is 8. The van der Waals surface area contributed by atoms with E-state index < -0.39 is 0 Å². The largest absolute Gasteiger partial charge is 0.380 e. The highest BCUT2D eigenvalue weighted by molar-refractivity contribution is 5.79. The van der Waals surface area contributed by atoms with Crippen LogP contribution in [0, 0.1) is 5.41 Å². The van der Waals surface area contributed by atoms with Gasteiger partial charge in [-0.25, -0.2) is 0 Å². The Morgan fingerprint density at radius 1 is 1.00 bits per heavy atom. The van der Waals surface area contributed by atoms with Crippen LogP contribution in [0.15, 0.2) is 54.1 Å². The molecule has 0 radical (unpaired) electrons. The number of halogens is 2. The van der Waals surface area contributed by atoms with Gasteiger partial charge in [0.25, 0.3) is 0 Å². The van der Waals surface area contributed by atoms with Crippen molar-refractivity contribution in [3.8, 4) is 0 Å². The molecule has 0 unspecified atom stereocenters. The number of nitrogens with one attached hydrogen (secondary N) is 1. The van der Waals surface area contributed by atoms with E-state index in [1.54, 1.807) is 11.1 Å². The molecule has 36 heavy (non-hydrogen) atoms. The summed E-state index contributed by atoms with van der Waals surface area (Å²) in [4.78, 5) is 5.11. The molecule has 3 saturated carbocycles. The average Bonchev–Trinajstić information content (AvgIpc) is 3.18. The van der Waals surface area contributed by atoms with Gasteiger partial charge in [0.15, 0.2) is 0 Å². The van der Waals surface area contributed by atoms with Gasteiger partial charge < -0.3 is 5.32 Å². The highest BCUT2D eigenvalue weighted by Gasteiger charge is 2.72. The summed E-state index contributed by atoms with van der Waals surface area (Å²) in [5.41, 5.74) is 8.71. The molecule has 2 aliphatic heterocycles. The van der Waals surface area contributed by atoms with E-state index in [1.165, 1.54) is 16.7 Å². The number of nitrogens with zero attached hydrogens (tertiary/aromatic N) is 2. The maximum absolute atomic E-state index is 13.7. The average molecular weight is 490 g/mol. The van der Waals surface area contributed by atoms with Gasteiger partial charge in [0.2, 0.25) is 0 Å². The van der Waals surface area contributed by atoms with Crippen molar-refractivity contribution in [3.63, 3.8) is 0 Å². The lowest BCUT2D eigenvalue weighted by Crippen LogP contribution is -2.77. The summed E-state index contributed by atoms with van der Waals surface area (Å²) >= 11 is 0. The van der Waals surface area contributed by atoms with Crippen LogP contribution < -0.4 is 5.32 Å². The number of fused-ring (bicyclic) bond motifs is 2. The van der Waals surface area contributed by atoms with Gasteiger partial charge in [-0.2, -0.15) is 0 Å². The van der Waals surface area contributed by atoms with Gasteiger partial charge >= 0.3 is 0 Å². The molecule has 6 aliphatic rings. The van der Waals surface area contributed by atoms with Crippen molar-refractivity contribution in [2.45, 2.75) is 69.1 Å². The molecule has 5 heteroatoms. The van der Waals surface area contributed by atoms with E-state index in [-0.39, 0.29) is 30.3 Å². The highest BCUT2D eigenvalue weighted by Crippen LogP contribution is 2.72. The molecule has 8 rings (SSSR count). The van der Waals surface area contributed by atoms with Gasteiger partial charge in [0.05, 0.1) is 25.4 Å². The van der Waals surface area contributed by atoms with Crippen LogP contribution >= 0.6 is 0 Å². The summed E-state index contributed by atoms with van der Waals surface area (Å²) in [6.45, 7) is 4.84. The molecule has 2 bridgehead atoms. The van der Waals surface area contributed by atoms with Gasteiger partial charge in [0, 0.05) is 42.3 Å². The van der Waals surface area contributed by atoms with Crippen molar-refractivity contribution in [3.05, 3.63) is 70.8 Å². The van der Waals surface area contributed by atoms with Crippen molar-refractivity contribution < 1.29 is 8.78 Å². The maximum Gasteiger partial charge on any atom is 0.0952 e. The predicted molar refractivity (Wildman–Crippen MR) is 142 cm³/mol. The lowest BCUT2D eigenvalue weighted by atomic mass is 9.38. The van der Waals surface area contributed by atoms with Crippen molar-refractivity contribution in [2.24, 2.45) is 5.41 Å². The number of likely N-dealkylation sites (tertiary alicyclic amines) is 1. The SMILES string of the molecule is C[C@@H]1CC2=C(Cc3ccccc32)[C@@H](c2ccc(NC3CN(CCCF)C3)cc2)N1C12CC(CF)(C1)C2. The molecule has 1 N–H and O–H groups in total. The normalized spacial score (nSPS) is 33.4. The number of benzene rings is 2. The Morgan fingerprint density at radius 3 is 2.47 bits per heavy atom. The summed E-state index contributed by atoms with van der Waals surface area (Å²) in [6.07, 6.45) is 5.81. The molecule has 1 saturated heterocycles. The first-order chi connectivity index (χ1) is 17.5. The Labute approximate surface area is 213 Å². The highest BCUT2D eigenvalue weighted by atomic mass is 19.1. The van der Waals surface area contributed by atoms with E-state index in [0.29, 0.717) is 18.5 Å². The second-order valence-corrected chi connectivity index (χ2v) is 12.4. The first kappa shape index (κ1) is 22.9. The summed E-state index contributed by atoms with van der Waals surface area (Å²) in [6, 6.07) is 19.2. The summed E-state index contributed by atoms with van der Waals surface area (Å²) < 4.78 is 26.2. The van der Waals surface area contributed by atoms with Gasteiger partial charge in [-0.05, 0) is 85.4 Å². The first-order valence-corrected chi connectivity index (χ1v) is 13.8. The molecule has 2 aromatic rings. The van der Waals surface area contributed by atoms with Crippen LogP contribution in [-0.4, -0.2) is 60.4 Å². The Bertz CT molecular complexity index is 1160. The topological polar surface area (TPSA) is 18.5 Å². The van der Waals surface area contributed by atoms with Crippen molar-refractivity contribution in [1.29, 1.82) is 0 Å². The zero-order valence-corrected chi connectivity index (χ0v) is 21.3. The fourth-order valence-electron chi connectivity index (χ4n) is 8.35. The standard InChI is InChI=1S/C31H37F2N3/c1-21-13-27-26-6-3-2-5-23(26)14-28(27)29(36(21)31-17-30(18-31,19-31)20-33)22-7-9-24(10-8-22)34-25-15-35(16-25)12-4-11-32/h2-3,5-10,21,25,29,34H,4,11-20H2,1H3/t21-,29-,30?,31?/m1/s1. The summed E-state index contributed by atoms with van der Waals surface area (Å²) in [7, 11) is 0. The maximum atomic E-state index is 13.7. The van der Waals surface area contributed by atoms with Gasteiger partial charge in [-0.15, -0.1) is 0 Å². The van der Waals surface area contributed by atoms with Crippen LogP contribution in [0.3, 0.4) is 0 Å². The Balaban J connectivity index is 1.15. The molecule has 2 heterocycles. The van der Waals surface area contributed by atoms with Gasteiger partial charge in [0.1, 0.15) is 0 Å². The Morgan fingerprint density at radius 2 is 1.75 bits per heavy atom. The zero-order chi connectivity index (χ0) is 24.5. The van der Waals surface area contributed by atoms with E-state index in [1.807, 2.05) is 0 Å². The minimum atomic E-state index is -0.230. The smallest absolute Gasteiger partial charge is 0.0952 e.